The van der Waals surface area contributed by atoms with Crippen LogP contribution in [0.2, 0.25) is 0 Å². The van der Waals surface area contributed by atoms with Crippen LogP contribution in [0.3, 0.4) is 0 Å². The topological polar surface area (TPSA) is 112 Å². The fourth-order valence-corrected chi connectivity index (χ4v) is 4.99. The van der Waals surface area contributed by atoms with E-state index in [1.54, 1.807) is 36.3 Å². The number of fused-ring (bicyclic) bond motifs is 1. The summed E-state index contributed by atoms with van der Waals surface area (Å²) in [7, 11) is 0. The summed E-state index contributed by atoms with van der Waals surface area (Å²) in [4.78, 5) is 26.2. The fraction of sp³-hybridized carbons (Fsp3) is 0.321. The molecule has 1 aliphatic heterocycles. The van der Waals surface area contributed by atoms with Gasteiger partial charge in [0.15, 0.2) is 0 Å². The Labute approximate surface area is 225 Å². The number of benzene rings is 1. The number of halogens is 1. The van der Waals surface area contributed by atoms with E-state index < -0.39 is 6.10 Å². The molecule has 0 aliphatic carbocycles. The van der Waals surface area contributed by atoms with Gasteiger partial charge in [-0.1, -0.05) is 19.1 Å². The largest absolute Gasteiger partial charge is 0.391 e. The second-order valence-electron chi connectivity index (χ2n) is 10.0. The van der Waals surface area contributed by atoms with Crippen molar-refractivity contribution in [1.29, 1.82) is 0 Å². The van der Waals surface area contributed by atoms with E-state index in [2.05, 4.69) is 52.8 Å². The lowest BCUT2D eigenvalue weighted by molar-refractivity contribution is 0.168. The first-order valence-corrected chi connectivity index (χ1v) is 13.1. The Morgan fingerprint density at radius 1 is 0.923 bits per heavy atom. The molecule has 0 amide bonds. The zero-order valence-electron chi connectivity index (χ0n) is 21.9. The highest BCUT2D eigenvalue weighted by atomic mass is 19.1. The first-order chi connectivity index (χ1) is 18.9. The summed E-state index contributed by atoms with van der Waals surface area (Å²) < 4.78 is 15.0. The van der Waals surface area contributed by atoms with Crippen molar-refractivity contribution in [3.8, 4) is 11.3 Å². The minimum atomic E-state index is -0.468. The smallest absolute Gasteiger partial charge is 0.225 e. The number of aromatic nitrogens is 7. The third-order valence-corrected chi connectivity index (χ3v) is 7.19. The fourth-order valence-electron chi connectivity index (χ4n) is 4.99. The molecular weight excluding hydrogens is 497 g/mol. The number of rotatable bonds is 7. The van der Waals surface area contributed by atoms with Gasteiger partial charge in [-0.2, -0.15) is 5.10 Å². The second kappa shape index (κ2) is 10.4. The molecule has 0 saturated carbocycles. The normalized spacial score (nSPS) is 15.6. The Morgan fingerprint density at radius 3 is 2.36 bits per heavy atom. The molecule has 200 valence electrons. The van der Waals surface area contributed by atoms with Gasteiger partial charge in [0, 0.05) is 56.3 Å². The van der Waals surface area contributed by atoms with E-state index in [0.717, 1.165) is 65.4 Å². The summed E-state index contributed by atoms with van der Waals surface area (Å²) >= 11 is 0. The lowest BCUT2D eigenvalue weighted by Gasteiger charge is -2.35. The number of hydrogen-bond acceptors (Lipinski definition) is 8. The molecule has 4 aromatic heterocycles. The van der Waals surface area contributed by atoms with Crippen molar-refractivity contribution in [3.05, 3.63) is 78.4 Å². The summed E-state index contributed by atoms with van der Waals surface area (Å²) in [6.07, 6.45) is 8.54. The third kappa shape index (κ3) is 5.17. The van der Waals surface area contributed by atoms with Crippen LogP contribution in [-0.2, 0) is 6.54 Å². The van der Waals surface area contributed by atoms with Crippen molar-refractivity contribution < 1.29 is 9.50 Å². The number of hydrogen-bond donors (Lipinski definition) is 2. The van der Waals surface area contributed by atoms with E-state index in [1.807, 2.05) is 18.6 Å². The summed E-state index contributed by atoms with van der Waals surface area (Å²) in [6.45, 7) is 7.33. The maximum Gasteiger partial charge on any atom is 0.225 e. The zero-order valence-corrected chi connectivity index (χ0v) is 21.9. The molecule has 6 rings (SSSR count). The number of aromatic amines is 1. The average Bonchev–Trinajstić information content (AvgIpc) is 3.60. The molecule has 2 N–H and O–H groups in total. The number of aliphatic hydroxyl groups is 1. The van der Waals surface area contributed by atoms with Crippen LogP contribution in [0, 0.1) is 5.82 Å². The van der Waals surface area contributed by atoms with Crippen molar-refractivity contribution in [2.75, 3.05) is 36.0 Å². The molecule has 0 bridgehead atoms. The SMILES string of the molecule is CC(O)Cn1cc(-c2cc3c(N4CCN(c5ncc(C(C)c6ccc(F)cc6)cn5)CC4)ncnc3[nH]2)cn1. The van der Waals surface area contributed by atoms with Crippen molar-refractivity contribution in [1.82, 2.24) is 34.7 Å². The van der Waals surface area contributed by atoms with Gasteiger partial charge in [-0.25, -0.2) is 24.3 Å². The Morgan fingerprint density at radius 2 is 1.64 bits per heavy atom. The molecule has 1 aliphatic rings. The molecular formula is C28H30FN9O. The Hall–Kier alpha value is -4.38. The summed E-state index contributed by atoms with van der Waals surface area (Å²) in [6, 6.07) is 8.62. The van der Waals surface area contributed by atoms with Gasteiger partial charge in [0.25, 0.3) is 0 Å². The van der Waals surface area contributed by atoms with Crippen molar-refractivity contribution in [3.63, 3.8) is 0 Å². The molecule has 0 radical (unpaired) electrons. The quantitative estimate of drug-likeness (QED) is 0.330. The van der Waals surface area contributed by atoms with Gasteiger partial charge in [-0.05, 0) is 36.2 Å². The van der Waals surface area contributed by atoms with E-state index in [-0.39, 0.29) is 11.7 Å². The molecule has 5 heterocycles. The number of piperazine rings is 1. The van der Waals surface area contributed by atoms with E-state index in [1.165, 1.54) is 12.1 Å². The second-order valence-corrected chi connectivity index (χ2v) is 10.0. The summed E-state index contributed by atoms with van der Waals surface area (Å²) in [5.41, 5.74) is 4.63. The minimum Gasteiger partial charge on any atom is -0.391 e. The highest BCUT2D eigenvalue weighted by Crippen LogP contribution is 2.30. The molecule has 1 fully saturated rings. The van der Waals surface area contributed by atoms with E-state index in [4.69, 9.17) is 0 Å². The van der Waals surface area contributed by atoms with E-state index in [0.29, 0.717) is 12.5 Å². The van der Waals surface area contributed by atoms with Crippen LogP contribution in [0.4, 0.5) is 16.2 Å². The monoisotopic (exact) mass is 527 g/mol. The molecule has 2 atom stereocenters. The van der Waals surface area contributed by atoms with Crippen LogP contribution in [0.25, 0.3) is 22.3 Å². The molecule has 11 heteroatoms. The molecule has 0 spiro atoms. The van der Waals surface area contributed by atoms with Gasteiger partial charge in [-0.15, -0.1) is 0 Å². The number of nitrogens with one attached hydrogen (secondary N) is 1. The van der Waals surface area contributed by atoms with Gasteiger partial charge < -0.3 is 19.9 Å². The van der Waals surface area contributed by atoms with Crippen LogP contribution in [0.5, 0.6) is 0 Å². The first kappa shape index (κ1) is 24.9. The lowest BCUT2D eigenvalue weighted by Crippen LogP contribution is -2.47. The maximum absolute atomic E-state index is 13.3. The first-order valence-electron chi connectivity index (χ1n) is 13.1. The molecule has 5 aromatic rings. The number of anilines is 2. The molecule has 2 unspecified atom stereocenters. The Balaban J connectivity index is 1.14. The highest BCUT2D eigenvalue weighted by Gasteiger charge is 2.23. The van der Waals surface area contributed by atoms with Gasteiger partial charge in [0.05, 0.1) is 29.9 Å². The summed E-state index contributed by atoms with van der Waals surface area (Å²) in [5.74, 6) is 1.44. The number of H-pyrrole nitrogens is 1. The van der Waals surface area contributed by atoms with Crippen molar-refractivity contribution in [2.24, 2.45) is 0 Å². The number of nitrogens with zero attached hydrogens (tertiary/aromatic N) is 8. The lowest BCUT2D eigenvalue weighted by atomic mass is 9.95. The Bertz CT molecular complexity index is 1550. The third-order valence-electron chi connectivity index (χ3n) is 7.19. The predicted molar refractivity (Wildman–Crippen MR) is 147 cm³/mol. The summed E-state index contributed by atoms with van der Waals surface area (Å²) in [5, 5.41) is 14.9. The van der Waals surface area contributed by atoms with Crippen LogP contribution >= 0.6 is 0 Å². The standard InChI is InChI=1S/C28H30FN9O/c1-18(39)15-38-16-22(14-34-38)25-11-24-26(35-25)32-17-33-27(24)36-7-9-37(10-8-36)28-30-12-21(13-31-28)19(2)20-3-5-23(29)6-4-20/h3-6,11-14,16-19,39H,7-10,15H2,1-2H3,(H,32,33,35). The van der Waals surface area contributed by atoms with Crippen LogP contribution in [0.15, 0.2) is 61.4 Å². The van der Waals surface area contributed by atoms with Gasteiger partial charge in [0.2, 0.25) is 5.95 Å². The van der Waals surface area contributed by atoms with E-state index >= 15 is 0 Å². The minimum absolute atomic E-state index is 0.0792. The van der Waals surface area contributed by atoms with Crippen molar-refractivity contribution >= 4 is 22.8 Å². The zero-order chi connectivity index (χ0) is 26.9. The van der Waals surface area contributed by atoms with Crippen LogP contribution < -0.4 is 9.80 Å². The maximum atomic E-state index is 13.3. The van der Waals surface area contributed by atoms with Crippen LogP contribution in [-0.4, -0.2) is 72.1 Å². The van der Waals surface area contributed by atoms with Crippen LogP contribution in [0.1, 0.15) is 30.9 Å². The predicted octanol–water partition coefficient (Wildman–Crippen LogP) is 3.61. The Kier molecular flexibility index (Phi) is 6.65. The molecule has 10 nitrogen and oxygen atoms in total. The van der Waals surface area contributed by atoms with Crippen molar-refractivity contribution in [2.45, 2.75) is 32.4 Å². The van der Waals surface area contributed by atoms with Gasteiger partial charge in [0.1, 0.15) is 23.6 Å². The van der Waals surface area contributed by atoms with Gasteiger partial charge >= 0.3 is 0 Å². The molecule has 1 aromatic carbocycles. The molecule has 39 heavy (non-hydrogen) atoms. The average molecular weight is 528 g/mol. The van der Waals surface area contributed by atoms with E-state index in [9.17, 15) is 9.50 Å². The number of aliphatic hydroxyl groups excluding tert-OH is 1. The van der Waals surface area contributed by atoms with Gasteiger partial charge in [-0.3, -0.25) is 4.68 Å². The molecule has 1 saturated heterocycles. The highest BCUT2D eigenvalue weighted by molar-refractivity contribution is 5.91.